The normalized spacial score (nSPS) is 12.3. The topological polar surface area (TPSA) is 63.8 Å². The predicted molar refractivity (Wildman–Crippen MR) is 74.4 cm³/mol. The van der Waals surface area contributed by atoms with Crippen molar-refractivity contribution in [3.63, 3.8) is 0 Å². The third-order valence-electron chi connectivity index (χ3n) is 3.09. The Morgan fingerprint density at radius 3 is 2.70 bits per heavy atom. The van der Waals surface area contributed by atoms with Gasteiger partial charge in [-0.1, -0.05) is 23.4 Å². The van der Waals surface area contributed by atoms with E-state index in [2.05, 4.69) is 15.3 Å². The van der Waals surface area contributed by atoms with Crippen LogP contribution in [0.15, 0.2) is 54.9 Å². The summed E-state index contributed by atoms with van der Waals surface area (Å²) in [6, 6.07) is 13.3. The number of aliphatic hydroxyl groups is 1. The number of pyridine rings is 1. The van der Waals surface area contributed by atoms with Crippen LogP contribution in [-0.2, 0) is 0 Å². The Kier molecular flexibility index (Phi) is 3.26. The first kappa shape index (κ1) is 12.5. The van der Waals surface area contributed by atoms with Gasteiger partial charge in [0.25, 0.3) is 0 Å². The van der Waals surface area contributed by atoms with Crippen LogP contribution in [0.3, 0.4) is 0 Å². The summed E-state index contributed by atoms with van der Waals surface area (Å²) in [4.78, 5) is 4.13. The highest BCUT2D eigenvalue weighted by atomic mass is 16.3. The van der Waals surface area contributed by atoms with E-state index in [1.165, 1.54) is 0 Å². The van der Waals surface area contributed by atoms with Crippen LogP contribution in [0.25, 0.3) is 5.69 Å². The molecule has 1 N–H and O–H groups in total. The summed E-state index contributed by atoms with van der Waals surface area (Å²) < 4.78 is 1.64. The SMILES string of the molecule is Cc1cc(C(O)c2cnnn2-c2ccccc2)ccn1. The smallest absolute Gasteiger partial charge is 0.123 e. The fourth-order valence-corrected chi connectivity index (χ4v) is 2.11. The lowest BCUT2D eigenvalue weighted by molar-refractivity contribution is 0.211. The number of aliphatic hydroxyl groups excluding tert-OH is 1. The summed E-state index contributed by atoms with van der Waals surface area (Å²) in [5, 5.41) is 18.5. The van der Waals surface area contributed by atoms with Crippen molar-refractivity contribution in [1.29, 1.82) is 0 Å². The Hall–Kier alpha value is -2.53. The van der Waals surface area contributed by atoms with Gasteiger partial charge in [-0.2, -0.15) is 0 Å². The molecule has 0 radical (unpaired) electrons. The molecule has 100 valence electrons. The fraction of sp³-hybridized carbons (Fsp3) is 0.133. The molecule has 0 amide bonds. The van der Waals surface area contributed by atoms with Gasteiger partial charge < -0.3 is 5.11 Å². The number of aromatic nitrogens is 4. The van der Waals surface area contributed by atoms with Gasteiger partial charge in [0.1, 0.15) is 6.10 Å². The lowest BCUT2D eigenvalue weighted by Crippen LogP contribution is -2.09. The van der Waals surface area contributed by atoms with Crippen LogP contribution in [0, 0.1) is 6.92 Å². The number of para-hydroxylation sites is 1. The van der Waals surface area contributed by atoms with Gasteiger partial charge in [-0.3, -0.25) is 4.98 Å². The first-order chi connectivity index (χ1) is 9.75. The largest absolute Gasteiger partial charge is 0.382 e. The summed E-state index contributed by atoms with van der Waals surface area (Å²) in [5.74, 6) is 0. The third kappa shape index (κ3) is 2.31. The van der Waals surface area contributed by atoms with E-state index in [0.29, 0.717) is 5.69 Å². The lowest BCUT2D eigenvalue weighted by Gasteiger charge is -2.13. The van der Waals surface area contributed by atoms with Gasteiger partial charge >= 0.3 is 0 Å². The van der Waals surface area contributed by atoms with Crippen molar-refractivity contribution in [1.82, 2.24) is 20.0 Å². The van der Waals surface area contributed by atoms with Gasteiger partial charge in [-0.05, 0) is 36.8 Å². The average Bonchev–Trinajstić information content (AvgIpc) is 2.97. The molecule has 5 heteroatoms. The zero-order valence-corrected chi connectivity index (χ0v) is 11.0. The monoisotopic (exact) mass is 266 g/mol. The van der Waals surface area contributed by atoms with E-state index in [-0.39, 0.29) is 0 Å². The van der Waals surface area contributed by atoms with Crippen LogP contribution in [0.5, 0.6) is 0 Å². The molecule has 0 bridgehead atoms. The van der Waals surface area contributed by atoms with E-state index in [1.807, 2.05) is 43.3 Å². The number of hydrogen-bond donors (Lipinski definition) is 1. The molecule has 0 aliphatic rings. The molecule has 1 atom stereocenters. The molecule has 1 unspecified atom stereocenters. The maximum atomic E-state index is 10.5. The Morgan fingerprint density at radius 1 is 1.15 bits per heavy atom. The Labute approximate surface area is 116 Å². The Bertz CT molecular complexity index is 709. The first-order valence-corrected chi connectivity index (χ1v) is 6.32. The van der Waals surface area contributed by atoms with Gasteiger partial charge in [0.15, 0.2) is 0 Å². The zero-order chi connectivity index (χ0) is 13.9. The molecular weight excluding hydrogens is 252 g/mol. The van der Waals surface area contributed by atoms with E-state index in [4.69, 9.17) is 0 Å². The molecule has 0 aliphatic carbocycles. The van der Waals surface area contributed by atoms with Crippen LogP contribution in [0.2, 0.25) is 0 Å². The number of rotatable bonds is 3. The molecule has 3 aromatic rings. The second-order valence-corrected chi connectivity index (χ2v) is 4.54. The Morgan fingerprint density at radius 2 is 1.95 bits per heavy atom. The third-order valence-corrected chi connectivity index (χ3v) is 3.09. The van der Waals surface area contributed by atoms with E-state index in [9.17, 15) is 5.11 Å². The summed E-state index contributed by atoms with van der Waals surface area (Å²) in [6.45, 7) is 1.89. The van der Waals surface area contributed by atoms with Crippen molar-refractivity contribution < 1.29 is 5.11 Å². The van der Waals surface area contributed by atoms with Crippen LogP contribution in [0.4, 0.5) is 0 Å². The summed E-state index contributed by atoms with van der Waals surface area (Å²) in [7, 11) is 0. The quantitative estimate of drug-likeness (QED) is 0.788. The summed E-state index contributed by atoms with van der Waals surface area (Å²) in [6.07, 6.45) is 2.48. The molecule has 0 saturated carbocycles. The first-order valence-electron chi connectivity index (χ1n) is 6.32. The second-order valence-electron chi connectivity index (χ2n) is 4.54. The van der Waals surface area contributed by atoms with Crippen LogP contribution < -0.4 is 0 Å². The molecule has 5 nitrogen and oxygen atoms in total. The minimum Gasteiger partial charge on any atom is -0.382 e. The average molecular weight is 266 g/mol. The number of benzene rings is 1. The Balaban J connectivity index is 2.02. The van der Waals surface area contributed by atoms with Crippen molar-refractivity contribution in [2.24, 2.45) is 0 Å². The van der Waals surface area contributed by atoms with E-state index in [1.54, 1.807) is 23.1 Å². The predicted octanol–water partition coefficient (Wildman–Crippen LogP) is 2.05. The van der Waals surface area contributed by atoms with Gasteiger partial charge in [0.05, 0.1) is 17.6 Å². The van der Waals surface area contributed by atoms with Gasteiger partial charge in [0.2, 0.25) is 0 Å². The van der Waals surface area contributed by atoms with Crippen LogP contribution >= 0.6 is 0 Å². The van der Waals surface area contributed by atoms with E-state index < -0.39 is 6.10 Å². The van der Waals surface area contributed by atoms with Crippen molar-refractivity contribution >= 4 is 0 Å². The van der Waals surface area contributed by atoms with Crippen molar-refractivity contribution in [2.75, 3.05) is 0 Å². The fourth-order valence-electron chi connectivity index (χ4n) is 2.11. The van der Waals surface area contributed by atoms with Gasteiger partial charge in [-0.25, -0.2) is 4.68 Å². The number of nitrogens with zero attached hydrogens (tertiary/aromatic N) is 4. The molecule has 20 heavy (non-hydrogen) atoms. The van der Waals surface area contributed by atoms with Crippen LogP contribution in [0.1, 0.15) is 23.1 Å². The summed E-state index contributed by atoms with van der Waals surface area (Å²) in [5.41, 5.74) is 3.13. The molecule has 3 rings (SSSR count). The molecule has 0 spiro atoms. The molecule has 0 fully saturated rings. The standard InChI is InChI=1S/C15H14N4O/c1-11-9-12(7-8-16-11)15(20)14-10-17-18-19(14)13-5-3-2-4-6-13/h2-10,15,20H,1H3. The second kappa shape index (κ2) is 5.22. The highest BCUT2D eigenvalue weighted by Gasteiger charge is 2.17. The lowest BCUT2D eigenvalue weighted by atomic mass is 10.1. The molecule has 0 saturated heterocycles. The van der Waals surface area contributed by atoms with Crippen molar-refractivity contribution in [2.45, 2.75) is 13.0 Å². The molecule has 2 aromatic heterocycles. The van der Waals surface area contributed by atoms with Gasteiger partial charge in [0, 0.05) is 11.9 Å². The molecular formula is C15H14N4O. The minimum atomic E-state index is -0.785. The van der Waals surface area contributed by atoms with E-state index in [0.717, 1.165) is 16.9 Å². The van der Waals surface area contributed by atoms with Crippen molar-refractivity contribution in [3.05, 3.63) is 71.8 Å². The van der Waals surface area contributed by atoms with Gasteiger partial charge in [-0.15, -0.1) is 5.10 Å². The number of aryl methyl sites for hydroxylation is 1. The van der Waals surface area contributed by atoms with Crippen LogP contribution in [-0.4, -0.2) is 25.1 Å². The minimum absolute atomic E-state index is 0.627. The highest BCUT2D eigenvalue weighted by Crippen LogP contribution is 2.23. The number of hydrogen-bond acceptors (Lipinski definition) is 4. The summed E-state index contributed by atoms with van der Waals surface area (Å²) >= 11 is 0. The molecule has 2 heterocycles. The zero-order valence-electron chi connectivity index (χ0n) is 11.0. The molecule has 1 aromatic carbocycles. The van der Waals surface area contributed by atoms with Crippen molar-refractivity contribution in [3.8, 4) is 5.69 Å². The maximum absolute atomic E-state index is 10.5. The molecule has 0 aliphatic heterocycles. The maximum Gasteiger partial charge on any atom is 0.123 e. The van der Waals surface area contributed by atoms with E-state index >= 15 is 0 Å². The highest BCUT2D eigenvalue weighted by molar-refractivity contribution is 5.34.